The first-order valence-corrected chi connectivity index (χ1v) is 9.04. The second kappa shape index (κ2) is 7.74. The number of benzene rings is 2. The van der Waals surface area contributed by atoms with Crippen molar-refractivity contribution >= 4 is 34.7 Å². The molecule has 0 spiro atoms. The quantitative estimate of drug-likeness (QED) is 0.687. The van der Waals surface area contributed by atoms with Crippen LogP contribution in [0.25, 0.3) is 0 Å². The van der Waals surface area contributed by atoms with Gasteiger partial charge in [0.2, 0.25) is 0 Å². The van der Waals surface area contributed by atoms with Gasteiger partial charge >= 0.3 is 0 Å². The molecule has 8 heteroatoms. The normalized spacial score (nSPS) is 12.4. The molecule has 1 amide bonds. The Balaban J connectivity index is 1.53. The molecule has 0 fully saturated rings. The Morgan fingerprint density at radius 1 is 1.00 bits per heavy atom. The molecule has 2 heterocycles. The van der Waals surface area contributed by atoms with Gasteiger partial charge in [-0.2, -0.15) is 0 Å². The molecule has 0 radical (unpaired) electrons. The van der Waals surface area contributed by atoms with Gasteiger partial charge in [-0.3, -0.25) is 4.79 Å². The van der Waals surface area contributed by atoms with E-state index in [9.17, 15) is 4.79 Å². The molecule has 0 unspecified atom stereocenters. The van der Waals surface area contributed by atoms with E-state index in [0.29, 0.717) is 47.1 Å². The van der Waals surface area contributed by atoms with Crippen LogP contribution in [0.2, 0.25) is 5.02 Å². The number of hydrogen-bond donors (Lipinski definition) is 2. The Morgan fingerprint density at radius 2 is 1.82 bits per heavy atom. The van der Waals surface area contributed by atoms with Gasteiger partial charge in [-0.05, 0) is 37.3 Å². The van der Waals surface area contributed by atoms with Crippen LogP contribution in [-0.4, -0.2) is 29.1 Å². The van der Waals surface area contributed by atoms with E-state index in [0.717, 1.165) is 5.69 Å². The molecule has 1 aliphatic heterocycles. The van der Waals surface area contributed by atoms with Gasteiger partial charge in [0.05, 0.1) is 0 Å². The summed E-state index contributed by atoms with van der Waals surface area (Å²) >= 11 is 6.01. The summed E-state index contributed by atoms with van der Waals surface area (Å²) in [5.74, 6) is 1.89. The third-order valence-electron chi connectivity index (χ3n) is 3.97. The second-order valence-corrected chi connectivity index (χ2v) is 6.57. The number of nitrogens with zero attached hydrogens (tertiary/aromatic N) is 2. The SMILES string of the molecule is Cc1nc(Nc2cccc(Cl)c2)cc(C(=O)Nc2ccc3c(c2)OCCO3)n1. The number of nitrogens with one attached hydrogen (secondary N) is 2. The molecule has 0 saturated heterocycles. The fraction of sp³-hybridized carbons (Fsp3) is 0.150. The van der Waals surface area contributed by atoms with Crippen LogP contribution in [0.5, 0.6) is 11.5 Å². The summed E-state index contributed by atoms with van der Waals surface area (Å²) in [5.41, 5.74) is 1.60. The maximum absolute atomic E-state index is 12.7. The van der Waals surface area contributed by atoms with E-state index in [-0.39, 0.29) is 11.6 Å². The molecule has 28 heavy (non-hydrogen) atoms. The Labute approximate surface area is 166 Å². The number of aryl methyl sites for hydroxylation is 1. The number of ether oxygens (including phenoxy) is 2. The standard InChI is InChI=1S/C20H17ClN4O3/c1-12-22-16(11-19(23-12)24-14-4-2-3-13(21)9-14)20(26)25-15-5-6-17-18(10-15)28-8-7-27-17/h2-6,9-11H,7-8H2,1H3,(H,25,26)(H,22,23,24). The average molecular weight is 397 g/mol. The minimum atomic E-state index is -0.351. The molecule has 2 aromatic carbocycles. The summed E-state index contributed by atoms with van der Waals surface area (Å²) < 4.78 is 11.0. The van der Waals surface area contributed by atoms with E-state index < -0.39 is 0 Å². The largest absolute Gasteiger partial charge is 0.486 e. The van der Waals surface area contributed by atoms with E-state index in [1.807, 2.05) is 12.1 Å². The highest BCUT2D eigenvalue weighted by molar-refractivity contribution is 6.30. The fourth-order valence-electron chi connectivity index (χ4n) is 2.78. The molecular weight excluding hydrogens is 380 g/mol. The van der Waals surface area contributed by atoms with Crippen molar-refractivity contribution in [3.8, 4) is 11.5 Å². The highest BCUT2D eigenvalue weighted by Crippen LogP contribution is 2.32. The first-order chi connectivity index (χ1) is 13.6. The lowest BCUT2D eigenvalue weighted by Crippen LogP contribution is -2.17. The first kappa shape index (κ1) is 18.1. The predicted molar refractivity (Wildman–Crippen MR) is 107 cm³/mol. The molecule has 4 rings (SSSR count). The van der Waals surface area contributed by atoms with E-state index in [1.165, 1.54) is 0 Å². The van der Waals surface area contributed by atoms with Gasteiger partial charge in [-0.25, -0.2) is 9.97 Å². The predicted octanol–water partition coefficient (Wildman–Crippen LogP) is 4.21. The highest BCUT2D eigenvalue weighted by Gasteiger charge is 2.15. The van der Waals surface area contributed by atoms with Crippen LogP contribution in [0.1, 0.15) is 16.3 Å². The molecule has 7 nitrogen and oxygen atoms in total. The molecule has 0 aliphatic carbocycles. The maximum Gasteiger partial charge on any atom is 0.274 e. The van der Waals surface area contributed by atoms with Crippen molar-refractivity contribution in [3.05, 3.63) is 65.1 Å². The van der Waals surface area contributed by atoms with Gasteiger partial charge in [0, 0.05) is 28.5 Å². The summed E-state index contributed by atoms with van der Waals surface area (Å²) in [6.45, 7) is 2.72. The molecular formula is C20H17ClN4O3. The second-order valence-electron chi connectivity index (χ2n) is 6.13. The maximum atomic E-state index is 12.7. The zero-order valence-corrected chi connectivity index (χ0v) is 15.8. The lowest BCUT2D eigenvalue weighted by molar-refractivity contribution is 0.102. The molecule has 1 aliphatic rings. The van der Waals surface area contributed by atoms with Gasteiger partial charge in [0.15, 0.2) is 11.5 Å². The highest BCUT2D eigenvalue weighted by atomic mass is 35.5. The number of carbonyl (C=O) groups is 1. The lowest BCUT2D eigenvalue weighted by atomic mass is 10.2. The van der Waals surface area contributed by atoms with Gasteiger partial charge in [0.1, 0.15) is 30.5 Å². The molecule has 142 valence electrons. The van der Waals surface area contributed by atoms with Crippen LogP contribution in [-0.2, 0) is 0 Å². The van der Waals surface area contributed by atoms with Crippen LogP contribution >= 0.6 is 11.6 Å². The number of anilines is 3. The zero-order valence-electron chi connectivity index (χ0n) is 15.0. The third-order valence-corrected chi connectivity index (χ3v) is 4.20. The number of aromatic nitrogens is 2. The van der Waals surface area contributed by atoms with E-state index >= 15 is 0 Å². The Bertz CT molecular complexity index is 1040. The summed E-state index contributed by atoms with van der Waals surface area (Å²) in [6.07, 6.45) is 0. The van der Waals surface area contributed by atoms with Crippen molar-refractivity contribution < 1.29 is 14.3 Å². The van der Waals surface area contributed by atoms with Crippen molar-refractivity contribution in [1.82, 2.24) is 9.97 Å². The topological polar surface area (TPSA) is 85.4 Å². The Morgan fingerprint density at radius 3 is 2.64 bits per heavy atom. The molecule has 1 aromatic heterocycles. The molecule has 0 saturated carbocycles. The number of carbonyl (C=O) groups excluding carboxylic acids is 1. The summed E-state index contributed by atoms with van der Waals surface area (Å²) in [4.78, 5) is 21.2. The van der Waals surface area contributed by atoms with Crippen molar-refractivity contribution in [2.75, 3.05) is 23.8 Å². The zero-order chi connectivity index (χ0) is 19.5. The van der Waals surface area contributed by atoms with Gasteiger partial charge in [-0.1, -0.05) is 17.7 Å². The van der Waals surface area contributed by atoms with Crippen molar-refractivity contribution in [1.29, 1.82) is 0 Å². The minimum absolute atomic E-state index is 0.243. The third kappa shape index (κ3) is 4.15. The first-order valence-electron chi connectivity index (χ1n) is 8.66. The summed E-state index contributed by atoms with van der Waals surface area (Å²) in [5, 5.41) is 6.56. The minimum Gasteiger partial charge on any atom is -0.486 e. The van der Waals surface area contributed by atoms with Gasteiger partial charge < -0.3 is 20.1 Å². The smallest absolute Gasteiger partial charge is 0.274 e. The van der Waals surface area contributed by atoms with Gasteiger partial charge in [0.25, 0.3) is 5.91 Å². The van der Waals surface area contributed by atoms with Crippen molar-refractivity contribution in [2.24, 2.45) is 0 Å². The van der Waals surface area contributed by atoms with Crippen LogP contribution in [0, 0.1) is 6.92 Å². The van der Waals surface area contributed by atoms with Gasteiger partial charge in [-0.15, -0.1) is 0 Å². The molecule has 0 atom stereocenters. The van der Waals surface area contributed by atoms with Crippen molar-refractivity contribution in [3.63, 3.8) is 0 Å². The molecule has 2 N–H and O–H groups in total. The number of fused-ring (bicyclic) bond motifs is 1. The molecule has 3 aromatic rings. The number of rotatable bonds is 4. The van der Waals surface area contributed by atoms with Crippen LogP contribution in [0.15, 0.2) is 48.5 Å². The van der Waals surface area contributed by atoms with Crippen molar-refractivity contribution in [2.45, 2.75) is 6.92 Å². The van der Waals surface area contributed by atoms with Crippen LogP contribution in [0.4, 0.5) is 17.2 Å². The molecule has 0 bridgehead atoms. The Hall–Kier alpha value is -3.32. The number of hydrogen-bond acceptors (Lipinski definition) is 6. The number of amides is 1. The fourth-order valence-corrected chi connectivity index (χ4v) is 2.97. The van der Waals surface area contributed by atoms with E-state index in [4.69, 9.17) is 21.1 Å². The average Bonchev–Trinajstić information content (AvgIpc) is 2.67. The summed E-state index contributed by atoms with van der Waals surface area (Å²) in [6, 6.07) is 14.1. The monoisotopic (exact) mass is 396 g/mol. The lowest BCUT2D eigenvalue weighted by Gasteiger charge is -2.19. The summed E-state index contributed by atoms with van der Waals surface area (Å²) in [7, 11) is 0. The number of halogens is 1. The van der Waals surface area contributed by atoms with E-state index in [2.05, 4.69) is 20.6 Å². The Kier molecular flexibility index (Phi) is 4.99. The van der Waals surface area contributed by atoms with Crippen LogP contribution in [0.3, 0.4) is 0 Å². The van der Waals surface area contributed by atoms with E-state index in [1.54, 1.807) is 43.3 Å². The van der Waals surface area contributed by atoms with Crippen LogP contribution < -0.4 is 20.1 Å².